The Morgan fingerprint density at radius 2 is 2.00 bits per heavy atom. The predicted molar refractivity (Wildman–Crippen MR) is 98.5 cm³/mol. The van der Waals surface area contributed by atoms with Gasteiger partial charge in [0.15, 0.2) is 0 Å². The third-order valence-corrected chi connectivity index (χ3v) is 4.70. The molecule has 0 bridgehead atoms. The number of benzene rings is 1. The smallest absolute Gasteiger partial charge is 0.261 e. The van der Waals surface area contributed by atoms with Crippen LogP contribution in [0.3, 0.4) is 0 Å². The number of likely N-dealkylation sites (N-methyl/N-ethyl adjacent to an activating group) is 1. The van der Waals surface area contributed by atoms with E-state index in [0.29, 0.717) is 24.6 Å². The van der Waals surface area contributed by atoms with E-state index in [9.17, 15) is 9.59 Å². The summed E-state index contributed by atoms with van der Waals surface area (Å²) in [6.07, 6.45) is 0.270. The Hall–Kier alpha value is -1.86. The van der Waals surface area contributed by atoms with Crippen LogP contribution in [0.2, 0.25) is 0 Å². The van der Waals surface area contributed by atoms with E-state index >= 15 is 0 Å². The lowest BCUT2D eigenvalue weighted by atomic mass is 10.3. The molecule has 1 aromatic carbocycles. The fourth-order valence-electron chi connectivity index (χ4n) is 1.92. The monoisotopic (exact) mass is 410 g/mol. The first-order chi connectivity index (χ1) is 11.6. The summed E-state index contributed by atoms with van der Waals surface area (Å²) in [5.74, 6) is 0.599. The summed E-state index contributed by atoms with van der Waals surface area (Å²) in [6.45, 7) is 1.24. The topological polar surface area (TPSA) is 58.6 Å². The maximum Gasteiger partial charge on any atom is 0.261 e. The van der Waals surface area contributed by atoms with Gasteiger partial charge in [0, 0.05) is 24.5 Å². The van der Waals surface area contributed by atoms with Crippen LogP contribution >= 0.6 is 27.3 Å². The number of amides is 2. The molecule has 1 N–H and O–H groups in total. The fraction of sp³-hybridized carbons (Fsp3) is 0.294. The first-order valence-corrected chi connectivity index (χ1v) is 9.17. The van der Waals surface area contributed by atoms with Crippen molar-refractivity contribution in [3.63, 3.8) is 0 Å². The average Bonchev–Trinajstić information content (AvgIpc) is 3.11. The van der Waals surface area contributed by atoms with Crippen molar-refractivity contribution in [2.75, 3.05) is 26.7 Å². The molecule has 0 fully saturated rings. The highest BCUT2D eigenvalue weighted by Gasteiger charge is 2.10. The molecule has 2 rings (SSSR count). The highest BCUT2D eigenvalue weighted by Crippen LogP contribution is 2.15. The average molecular weight is 411 g/mol. The van der Waals surface area contributed by atoms with Crippen molar-refractivity contribution < 1.29 is 14.3 Å². The van der Waals surface area contributed by atoms with E-state index in [1.807, 2.05) is 35.7 Å². The zero-order valence-corrected chi connectivity index (χ0v) is 15.7. The molecule has 128 valence electrons. The second kappa shape index (κ2) is 9.44. The molecule has 0 saturated carbocycles. The van der Waals surface area contributed by atoms with Gasteiger partial charge in [-0.2, -0.15) is 0 Å². The third kappa shape index (κ3) is 5.98. The Kier molecular flexibility index (Phi) is 7.27. The number of thiophene rings is 1. The van der Waals surface area contributed by atoms with E-state index in [0.717, 1.165) is 10.2 Å². The first kappa shape index (κ1) is 18.5. The number of ether oxygens (including phenoxy) is 1. The number of halogens is 1. The van der Waals surface area contributed by atoms with Gasteiger partial charge in [-0.1, -0.05) is 22.0 Å². The fourth-order valence-corrected chi connectivity index (χ4v) is 2.83. The molecule has 0 saturated heterocycles. The van der Waals surface area contributed by atoms with Crippen LogP contribution in [-0.4, -0.2) is 43.5 Å². The Morgan fingerprint density at radius 3 is 2.67 bits per heavy atom. The zero-order valence-electron chi connectivity index (χ0n) is 13.3. The van der Waals surface area contributed by atoms with E-state index in [2.05, 4.69) is 21.2 Å². The van der Waals surface area contributed by atoms with Gasteiger partial charge in [-0.3, -0.25) is 9.59 Å². The predicted octanol–water partition coefficient (Wildman–Crippen LogP) is 3.17. The van der Waals surface area contributed by atoms with Crippen LogP contribution in [0, 0.1) is 0 Å². The number of hydrogen-bond acceptors (Lipinski definition) is 4. The molecule has 2 amide bonds. The summed E-state index contributed by atoms with van der Waals surface area (Å²) >= 11 is 4.74. The van der Waals surface area contributed by atoms with Gasteiger partial charge in [0.05, 0.1) is 11.4 Å². The molecule has 0 aliphatic rings. The van der Waals surface area contributed by atoms with Gasteiger partial charge in [-0.25, -0.2) is 0 Å². The van der Waals surface area contributed by atoms with Gasteiger partial charge in [0.2, 0.25) is 5.91 Å². The van der Waals surface area contributed by atoms with E-state index in [-0.39, 0.29) is 18.2 Å². The van der Waals surface area contributed by atoms with Gasteiger partial charge in [0.25, 0.3) is 5.91 Å². The summed E-state index contributed by atoms with van der Waals surface area (Å²) < 4.78 is 6.58. The quantitative estimate of drug-likeness (QED) is 0.726. The molecular weight excluding hydrogens is 392 g/mol. The highest BCUT2D eigenvalue weighted by atomic mass is 79.9. The maximum atomic E-state index is 12.0. The molecule has 0 unspecified atom stereocenters. The van der Waals surface area contributed by atoms with Crippen molar-refractivity contribution >= 4 is 39.1 Å². The van der Waals surface area contributed by atoms with E-state index in [4.69, 9.17) is 4.74 Å². The number of nitrogens with one attached hydrogen (secondary N) is 1. The van der Waals surface area contributed by atoms with E-state index in [1.54, 1.807) is 18.0 Å². The van der Waals surface area contributed by atoms with Crippen LogP contribution in [0.4, 0.5) is 0 Å². The minimum Gasteiger partial charge on any atom is -0.492 e. The van der Waals surface area contributed by atoms with Crippen molar-refractivity contribution in [2.45, 2.75) is 6.42 Å². The summed E-state index contributed by atoms with van der Waals surface area (Å²) in [5, 5.41) is 4.59. The van der Waals surface area contributed by atoms with Crippen molar-refractivity contribution in [3.8, 4) is 5.75 Å². The second-order valence-corrected chi connectivity index (χ2v) is 6.96. The van der Waals surface area contributed by atoms with Crippen molar-refractivity contribution in [1.82, 2.24) is 10.2 Å². The Balaban J connectivity index is 1.63. The number of rotatable bonds is 8. The Labute approximate surface area is 153 Å². The molecule has 5 nitrogen and oxygen atoms in total. The van der Waals surface area contributed by atoms with Gasteiger partial charge in [0.1, 0.15) is 12.4 Å². The molecule has 24 heavy (non-hydrogen) atoms. The Morgan fingerprint density at radius 1 is 1.25 bits per heavy atom. The summed E-state index contributed by atoms with van der Waals surface area (Å²) in [7, 11) is 1.73. The van der Waals surface area contributed by atoms with Gasteiger partial charge >= 0.3 is 0 Å². The van der Waals surface area contributed by atoms with E-state index in [1.165, 1.54) is 11.3 Å². The van der Waals surface area contributed by atoms with Crippen molar-refractivity contribution in [2.24, 2.45) is 0 Å². The van der Waals surface area contributed by atoms with Gasteiger partial charge in [-0.05, 0) is 35.7 Å². The molecule has 1 aromatic heterocycles. The molecule has 0 spiro atoms. The summed E-state index contributed by atoms with van der Waals surface area (Å²) in [6, 6.07) is 11.1. The standard InChI is InChI=1S/C17H19BrN2O3S/c1-20(10-11-23-14-6-4-13(18)5-7-14)16(21)8-9-19-17(22)15-3-2-12-24-15/h2-7,12H,8-11H2,1H3,(H,19,22). The maximum absolute atomic E-state index is 12.0. The lowest BCUT2D eigenvalue weighted by Crippen LogP contribution is -2.34. The van der Waals surface area contributed by atoms with Crippen molar-refractivity contribution in [3.05, 3.63) is 51.1 Å². The highest BCUT2D eigenvalue weighted by molar-refractivity contribution is 9.10. The number of hydrogen-bond donors (Lipinski definition) is 1. The molecule has 0 aliphatic heterocycles. The minimum atomic E-state index is -0.140. The molecule has 7 heteroatoms. The van der Waals surface area contributed by atoms with Crippen LogP contribution in [-0.2, 0) is 4.79 Å². The third-order valence-electron chi connectivity index (χ3n) is 3.30. The number of carbonyl (C=O) groups excluding carboxylic acids is 2. The van der Waals surface area contributed by atoms with Crippen LogP contribution in [0.5, 0.6) is 5.75 Å². The molecule has 1 heterocycles. The summed E-state index contributed by atoms with van der Waals surface area (Å²) in [5.41, 5.74) is 0. The normalized spacial score (nSPS) is 10.2. The molecule has 0 aliphatic carbocycles. The van der Waals surface area contributed by atoms with Gasteiger partial charge < -0.3 is 15.0 Å². The van der Waals surface area contributed by atoms with Crippen LogP contribution in [0.25, 0.3) is 0 Å². The van der Waals surface area contributed by atoms with Crippen LogP contribution in [0.1, 0.15) is 16.1 Å². The van der Waals surface area contributed by atoms with Crippen LogP contribution < -0.4 is 10.1 Å². The van der Waals surface area contributed by atoms with E-state index < -0.39 is 0 Å². The largest absolute Gasteiger partial charge is 0.492 e. The lowest BCUT2D eigenvalue weighted by Gasteiger charge is -2.17. The molecule has 0 atom stereocenters. The zero-order chi connectivity index (χ0) is 17.4. The molecule has 0 radical (unpaired) electrons. The SMILES string of the molecule is CN(CCOc1ccc(Br)cc1)C(=O)CCNC(=O)c1cccs1. The minimum absolute atomic E-state index is 0.0270. The lowest BCUT2D eigenvalue weighted by molar-refractivity contribution is -0.130. The first-order valence-electron chi connectivity index (χ1n) is 7.50. The van der Waals surface area contributed by atoms with Crippen molar-refractivity contribution in [1.29, 1.82) is 0 Å². The Bertz CT molecular complexity index is 659. The number of carbonyl (C=O) groups is 2. The number of nitrogens with zero attached hydrogens (tertiary/aromatic N) is 1. The molecular formula is C17H19BrN2O3S. The molecule has 2 aromatic rings. The second-order valence-electron chi connectivity index (χ2n) is 5.10. The van der Waals surface area contributed by atoms with Gasteiger partial charge in [-0.15, -0.1) is 11.3 Å². The van der Waals surface area contributed by atoms with Crippen LogP contribution in [0.15, 0.2) is 46.3 Å². The summed E-state index contributed by atoms with van der Waals surface area (Å²) in [4.78, 5) is 26.0.